The number of fused-ring (bicyclic) bond motifs is 2. The highest BCUT2D eigenvalue weighted by molar-refractivity contribution is 5.72. The predicted molar refractivity (Wildman–Crippen MR) is 133 cm³/mol. The van der Waals surface area contributed by atoms with Gasteiger partial charge in [-0.05, 0) is 55.6 Å². The van der Waals surface area contributed by atoms with E-state index < -0.39 is 0 Å². The maximum atomic E-state index is 6.18. The molecule has 4 nitrogen and oxygen atoms in total. The fourth-order valence-corrected chi connectivity index (χ4v) is 5.21. The molecule has 0 aliphatic carbocycles. The lowest BCUT2D eigenvalue weighted by Crippen LogP contribution is -2.39. The molecule has 3 aromatic carbocycles. The Bertz CT molecular complexity index is 1020. The van der Waals surface area contributed by atoms with Crippen LogP contribution in [0.5, 0.6) is 5.75 Å². The number of para-hydroxylation sites is 4. The van der Waals surface area contributed by atoms with E-state index in [2.05, 4.69) is 102 Å². The van der Waals surface area contributed by atoms with E-state index in [9.17, 15) is 0 Å². The van der Waals surface area contributed by atoms with Gasteiger partial charge < -0.3 is 14.5 Å². The van der Waals surface area contributed by atoms with Gasteiger partial charge in [-0.25, -0.2) is 0 Å². The second kappa shape index (κ2) is 9.25. The van der Waals surface area contributed by atoms with Gasteiger partial charge in [0, 0.05) is 50.2 Å². The number of benzene rings is 3. The molecule has 0 spiro atoms. The molecule has 0 N–H and O–H groups in total. The van der Waals surface area contributed by atoms with E-state index in [0.29, 0.717) is 12.6 Å². The molecule has 4 heteroatoms. The van der Waals surface area contributed by atoms with Crippen molar-refractivity contribution in [3.05, 3.63) is 83.9 Å². The number of hydrogen-bond donors (Lipinski definition) is 0. The van der Waals surface area contributed by atoms with Crippen LogP contribution in [-0.2, 0) is 13.0 Å². The first kappa shape index (κ1) is 20.9. The first-order valence-corrected chi connectivity index (χ1v) is 11.8. The Morgan fingerprint density at radius 2 is 1.66 bits per heavy atom. The normalized spacial score (nSPS) is 17.9. The lowest BCUT2D eigenvalue weighted by atomic mass is 10.1. The summed E-state index contributed by atoms with van der Waals surface area (Å²) in [6.45, 7) is 3.90. The number of likely N-dealkylation sites (tertiary alicyclic amines) is 1. The summed E-state index contributed by atoms with van der Waals surface area (Å²) in [6, 6.07) is 26.5. The minimum atomic E-state index is 0.542. The molecular formula is C28H33N3O. The summed E-state index contributed by atoms with van der Waals surface area (Å²) in [5.74, 6) is 0.980. The molecule has 32 heavy (non-hydrogen) atoms. The lowest BCUT2D eigenvalue weighted by Gasteiger charge is -2.33. The second-order valence-corrected chi connectivity index (χ2v) is 9.10. The van der Waals surface area contributed by atoms with Gasteiger partial charge in [0.05, 0.1) is 5.69 Å². The van der Waals surface area contributed by atoms with Crippen molar-refractivity contribution < 1.29 is 4.74 Å². The summed E-state index contributed by atoms with van der Waals surface area (Å²) in [4.78, 5) is 7.42. The van der Waals surface area contributed by atoms with Crippen LogP contribution >= 0.6 is 0 Å². The van der Waals surface area contributed by atoms with Crippen LogP contribution in [0.1, 0.15) is 24.0 Å². The molecule has 0 saturated carbocycles. The van der Waals surface area contributed by atoms with Gasteiger partial charge in [0.25, 0.3) is 0 Å². The highest BCUT2D eigenvalue weighted by Gasteiger charge is 2.30. The first-order valence-electron chi connectivity index (χ1n) is 11.8. The van der Waals surface area contributed by atoms with Crippen LogP contribution in [0.15, 0.2) is 72.8 Å². The molecule has 0 radical (unpaired) electrons. The quantitative estimate of drug-likeness (QED) is 0.518. The molecule has 2 aliphatic rings. The Kier molecular flexibility index (Phi) is 6.04. The average molecular weight is 428 g/mol. The number of rotatable bonds is 6. The highest BCUT2D eigenvalue weighted by Crippen LogP contribution is 2.40. The molecule has 0 bridgehead atoms. The van der Waals surface area contributed by atoms with Crippen molar-refractivity contribution in [2.24, 2.45) is 0 Å². The molecule has 5 rings (SSSR count). The van der Waals surface area contributed by atoms with E-state index in [1.165, 1.54) is 47.6 Å². The average Bonchev–Trinajstić information content (AvgIpc) is 3.20. The summed E-state index contributed by atoms with van der Waals surface area (Å²) < 4.78 is 6.18. The van der Waals surface area contributed by atoms with Crippen molar-refractivity contribution in [2.75, 3.05) is 43.5 Å². The highest BCUT2D eigenvalue weighted by atomic mass is 16.5. The second-order valence-electron chi connectivity index (χ2n) is 9.10. The zero-order valence-electron chi connectivity index (χ0n) is 19.2. The topological polar surface area (TPSA) is 19.0 Å². The van der Waals surface area contributed by atoms with E-state index in [4.69, 9.17) is 4.74 Å². The van der Waals surface area contributed by atoms with Crippen molar-refractivity contribution >= 4 is 17.1 Å². The van der Waals surface area contributed by atoms with Crippen LogP contribution in [0.3, 0.4) is 0 Å². The van der Waals surface area contributed by atoms with Gasteiger partial charge in [-0.15, -0.1) is 0 Å². The third-order valence-electron chi connectivity index (χ3n) is 6.86. The van der Waals surface area contributed by atoms with Gasteiger partial charge in [0.2, 0.25) is 0 Å². The molecule has 2 aliphatic heterocycles. The maximum absolute atomic E-state index is 6.18. The van der Waals surface area contributed by atoms with Crippen LogP contribution < -0.4 is 14.5 Å². The molecule has 1 atom stereocenters. The molecule has 3 aromatic rings. The van der Waals surface area contributed by atoms with Crippen LogP contribution in [0.2, 0.25) is 0 Å². The minimum absolute atomic E-state index is 0.542. The fraction of sp³-hybridized carbons (Fsp3) is 0.357. The van der Waals surface area contributed by atoms with Crippen LogP contribution in [0.4, 0.5) is 17.1 Å². The van der Waals surface area contributed by atoms with Gasteiger partial charge >= 0.3 is 0 Å². The van der Waals surface area contributed by atoms with E-state index in [-0.39, 0.29) is 0 Å². The molecule has 1 saturated heterocycles. The van der Waals surface area contributed by atoms with Crippen LogP contribution in [0.25, 0.3) is 0 Å². The van der Waals surface area contributed by atoms with Gasteiger partial charge in [-0.3, -0.25) is 4.90 Å². The van der Waals surface area contributed by atoms with E-state index in [0.717, 1.165) is 25.3 Å². The fourth-order valence-electron chi connectivity index (χ4n) is 5.21. The van der Waals surface area contributed by atoms with Gasteiger partial charge in [-0.2, -0.15) is 0 Å². The molecule has 1 fully saturated rings. The number of anilines is 3. The summed E-state index contributed by atoms with van der Waals surface area (Å²) in [7, 11) is 4.27. The maximum Gasteiger partial charge on any atom is 0.143 e. The summed E-state index contributed by atoms with van der Waals surface area (Å²) in [6.07, 6.45) is 3.60. The zero-order chi connectivity index (χ0) is 21.9. The van der Waals surface area contributed by atoms with E-state index in [1.54, 1.807) is 0 Å². The Morgan fingerprint density at radius 3 is 2.53 bits per heavy atom. The Balaban J connectivity index is 1.37. The van der Waals surface area contributed by atoms with Crippen LogP contribution in [-0.4, -0.2) is 44.7 Å². The van der Waals surface area contributed by atoms with Gasteiger partial charge in [0.15, 0.2) is 0 Å². The third kappa shape index (κ3) is 4.20. The Labute approximate surface area is 192 Å². The SMILES string of the molecule is CN(C)c1ccccc1CCN1CCCC1CN1c2ccccc2COc2ccccc21. The number of hydrogen-bond acceptors (Lipinski definition) is 4. The summed E-state index contributed by atoms with van der Waals surface area (Å²) >= 11 is 0. The molecule has 166 valence electrons. The lowest BCUT2D eigenvalue weighted by molar-refractivity contribution is 0.261. The van der Waals surface area contributed by atoms with Crippen molar-refractivity contribution in [1.82, 2.24) is 4.90 Å². The molecule has 0 aromatic heterocycles. The number of nitrogens with zero attached hydrogens (tertiary/aromatic N) is 3. The van der Waals surface area contributed by atoms with Gasteiger partial charge in [-0.1, -0.05) is 48.5 Å². The molecule has 0 amide bonds. The summed E-state index contributed by atoms with van der Waals surface area (Å²) in [5, 5.41) is 0. The summed E-state index contributed by atoms with van der Waals surface area (Å²) in [5.41, 5.74) is 6.48. The van der Waals surface area contributed by atoms with Crippen molar-refractivity contribution in [3.8, 4) is 5.75 Å². The zero-order valence-corrected chi connectivity index (χ0v) is 19.2. The first-order chi connectivity index (χ1) is 15.7. The Hall–Kier alpha value is -2.98. The Morgan fingerprint density at radius 1 is 0.906 bits per heavy atom. The smallest absolute Gasteiger partial charge is 0.143 e. The monoisotopic (exact) mass is 427 g/mol. The minimum Gasteiger partial charge on any atom is -0.487 e. The van der Waals surface area contributed by atoms with Crippen LogP contribution in [0, 0.1) is 0 Å². The third-order valence-corrected chi connectivity index (χ3v) is 6.86. The van der Waals surface area contributed by atoms with Crippen molar-refractivity contribution in [2.45, 2.75) is 31.9 Å². The molecule has 2 heterocycles. The van der Waals surface area contributed by atoms with E-state index >= 15 is 0 Å². The largest absolute Gasteiger partial charge is 0.487 e. The van der Waals surface area contributed by atoms with E-state index in [1.807, 2.05) is 0 Å². The standard InChI is InChI=1S/C28H33N3O/c1-29(2)25-13-5-3-10-22(25)17-19-30-18-9-12-24(30)20-31-26-14-6-4-11-23(26)21-32-28-16-8-7-15-27(28)31/h3-8,10-11,13-16,24H,9,12,17-21H2,1-2H3. The predicted octanol–water partition coefficient (Wildman–Crippen LogP) is 5.49. The van der Waals surface area contributed by atoms with Crippen molar-refractivity contribution in [1.29, 1.82) is 0 Å². The van der Waals surface area contributed by atoms with Gasteiger partial charge in [0.1, 0.15) is 12.4 Å². The number of ether oxygens (including phenoxy) is 1. The molecular weight excluding hydrogens is 394 g/mol. The van der Waals surface area contributed by atoms with Crippen molar-refractivity contribution in [3.63, 3.8) is 0 Å². The molecule has 1 unspecified atom stereocenters.